The molecule has 1 heterocycles. The molecular weight excluding hydrogens is 370 g/mol. The van der Waals surface area contributed by atoms with Gasteiger partial charge in [-0.05, 0) is 30.2 Å². The van der Waals surface area contributed by atoms with E-state index >= 15 is 0 Å². The van der Waals surface area contributed by atoms with E-state index in [1.54, 1.807) is 18.3 Å². The SMILES string of the molecule is CCc1ccccc1N(CC(=O)NCCSc1ccccn1)S(C)(=O)=O. The second-order valence-corrected chi connectivity index (χ2v) is 8.64. The first kappa shape index (κ1) is 20.3. The molecule has 1 aromatic carbocycles. The van der Waals surface area contributed by atoms with Gasteiger partial charge in [0.2, 0.25) is 15.9 Å². The molecule has 1 amide bonds. The Bertz CT molecular complexity index is 827. The van der Waals surface area contributed by atoms with Crippen LogP contribution in [0.4, 0.5) is 5.69 Å². The molecule has 0 aliphatic carbocycles. The molecule has 0 saturated heterocycles. The molecule has 0 aliphatic rings. The van der Waals surface area contributed by atoms with Crippen molar-refractivity contribution in [3.05, 3.63) is 54.2 Å². The zero-order valence-corrected chi connectivity index (χ0v) is 16.5. The first-order valence-electron chi connectivity index (χ1n) is 8.28. The minimum atomic E-state index is -3.56. The standard InChI is InChI=1S/C18H23N3O3S2/c1-3-15-8-4-5-9-16(15)21(26(2,23)24)14-17(22)19-12-13-25-18-10-6-7-11-20-18/h4-11H,3,12-14H2,1-2H3,(H,19,22). The molecule has 8 heteroatoms. The van der Waals surface area contributed by atoms with Gasteiger partial charge < -0.3 is 5.32 Å². The summed E-state index contributed by atoms with van der Waals surface area (Å²) in [4.78, 5) is 16.4. The van der Waals surface area contributed by atoms with Crippen molar-refractivity contribution in [2.75, 3.05) is 29.4 Å². The van der Waals surface area contributed by atoms with Gasteiger partial charge in [-0.3, -0.25) is 9.10 Å². The molecule has 0 bridgehead atoms. The van der Waals surface area contributed by atoms with Crippen LogP contribution in [-0.2, 0) is 21.2 Å². The molecule has 0 spiro atoms. The van der Waals surface area contributed by atoms with Gasteiger partial charge in [-0.25, -0.2) is 13.4 Å². The Kier molecular flexibility index (Phi) is 7.47. The van der Waals surface area contributed by atoms with E-state index in [2.05, 4.69) is 10.3 Å². The molecule has 2 rings (SSSR count). The first-order chi connectivity index (χ1) is 12.4. The molecule has 0 saturated carbocycles. The lowest BCUT2D eigenvalue weighted by atomic mass is 10.1. The molecule has 0 fully saturated rings. The van der Waals surface area contributed by atoms with Gasteiger partial charge in [0.15, 0.2) is 0 Å². The van der Waals surface area contributed by atoms with E-state index in [9.17, 15) is 13.2 Å². The number of pyridine rings is 1. The molecule has 2 aromatic rings. The van der Waals surface area contributed by atoms with Gasteiger partial charge in [-0.1, -0.05) is 31.2 Å². The lowest BCUT2D eigenvalue weighted by Crippen LogP contribution is -2.41. The largest absolute Gasteiger partial charge is 0.354 e. The van der Waals surface area contributed by atoms with Crippen LogP contribution in [0.15, 0.2) is 53.7 Å². The van der Waals surface area contributed by atoms with Crippen LogP contribution in [-0.4, -0.2) is 44.4 Å². The number of carbonyl (C=O) groups excluding carboxylic acids is 1. The highest BCUT2D eigenvalue weighted by Gasteiger charge is 2.22. The zero-order valence-electron chi connectivity index (χ0n) is 14.9. The molecule has 0 unspecified atom stereocenters. The normalized spacial score (nSPS) is 11.2. The minimum Gasteiger partial charge on any atom is -0.354 e. The predicted octanol–water partition coefficient (Wildman–Crippen LogP) is 2.32. The van der Waals surface area contributed by atoms with E-state index in [1.165, 1.54) is 11.8 Å². The second-order valence-electron chi connectivity index (χ2n) is 5.62. The van der Waals surface area contributed by atoms with E-state index in [1.807, 2.05) is 37.3 Å². The maximum Gasteiger partial charge on any atom is 0.240 e. The van der Waals surface area contributed by atoms with Gasteiger partial charge in [0.25, 0.3) is 0 Å². The van der Waals surface area contributed by atoms with Crippen molar-refractivity contribution in [1.29, 1.82) is 0 Å². The summed E-state index contributed by atoms with van der Waals surface area (Å²) in [5, 5.41) is 3.65. The van der Waals surface area contributed by atoms with Crippen LogP contribution in [0.5, 0.6) is 0 Å². The highest BCUT2D eigenvalue weighted by Crippen LogP contribution is 2.23. The summed E-state index contributed by atoms with van der Waals surface area (Å²) in [6.07, 6.45) is 3.52. The summed E-state index contributed by atoms with van der Waals surface area (Å²) in [5.41, 5.74) is 1.44. The fourth-order valence-corrected chi connectivity index (χ4v) is 4.01. The molecule has 1 aromatic heterocycles. The Labute approximate surface area is 159 Å². The van der Waals surface area contributed by atoms with Crippen LogP contribution < -0.4 is 9.62 Å². The van der Waals surface area contributed by atoms with Crippen LogP contribution in [0.2, 0.25) is 0 Å². The number of nitrogens with zero attached hydrogens (tertiary/aromatic N) is 2. The van der Waals surface area contributed by atoms with Gasteiger partial charge in [-0.15, -0.1) is 11.8 Å². The fourth-order valence-electron chi connectivity index (χ4n) is 2.40. The van der Waals surface area contributed by atoms with Crippen LogP contribution in [0.3, 0.4) is 0 Å². The fraction of sp³-hybridized carbons (Fsp3) is 0.333. The van der Waals surface area contributed by atoms with Gasteiger partial charge in [0, 0.05) is 18.5 Å². The summed E-state index contributed by atoms with van der Waals surface area (Å²) >= 11 is 1.53. The number of aryl methyl sites for hydroxylation is 1. The predicted molar refractivity (Wildman–Crippen MR) is 106 cm³/mol. The van der Waals surface area contributed by atoms with Crippen LogP contribution in [0.1, 0.15) is 12.5 Å². The lowest BCUT2D eigenvalue weighted by Gasteiger charge is -2.24. The van der Waals surface area contributed by atoms with E-state index in [-0.39, 0.29) is 12.5 Å². The highest BCUT2D eigenvalue weighted by atomic mass is 32.2. The number of hydrogen-bond acceptors (Lipinski definition) is 5. The third-order valence-corrected chi connectivity index (χ3v) is 5.71. The van der Waals surface area contributed by atoms with Crippen LogP contribution >= 0.6 is 11.8 Å². The second kappa shape index (κ2) is 9.59. The maximum atomic E-state index is 12.2. The number of carbonyl (C=O) groups is 1. The quantitative estimate of drug-likeness (QED) is 0.522. The van der Waals surface area contributed by atoms with Crippen molar-refractivity contribution in [2.45, 2.75) is 18.4 Å². The molecule has 6 nitrogen and oxygen atoms in total. The highest BCUT2D eigenvalue weighted by molar-refractivity contribution is 7.99. The monoisotopic (exact) mass is 393 g/mol. The third kappa shape index (κ3) is 6.03. The van der Waals surface area contributed by atoms with E-state index in [0.29, 0.717) is 24.4 Å². The van der Waals surface area contributed by atoms with E-state index in [0.717, 1.165) is 21.2 Å². The summed E-state index contributed by atoms with van der Waals surface area (Å²) < 4.78 is 25.5. The van der Waals surface area contributed by atoms with Crippen molar-refractivity contribution >= 4 is 33.4 Å². The number of rotatable bonds is 9. The third-order valence-electron chi connectivity index (χ3n) is 3.64. The number of amides is 1. The zero-order chi connectivity index (χ0) is 19.0. The van der Waals surface area contributed by atoms with E-state index in [4.69, 9.17) is 0 Å². The number of hydrogen-bond donors (Lipinski definition) is 1. The molecule has 0 aliphatic heterocycles. The smallest absolute Gasteiger partial charge is 0.240 e. The van der Waals surface area contributed by atoms with Crippen molar-refractivity contribution in [3.8, 4) is 0 Å². The number of para-hydroxylation sites is 1. The lowest BCUT2D eigenvalue weighted by molar-refractivity contribution is -0.119. The summed E-state index contributed by atoms with van der Waals surface area (Å²) in [6.45, 7) is 2.16. The summed E-state index contributed by atoms with van der Waals surface area (Å²) in [7, 11) is -3.56. The average molecular weight is 394 g/mol. The molecule has 0 atom stereocenters. The summed E-state index contributed by atoms with van der Waals surface area (Å²) in [6, 6.07) is 12.9. The number of benzene rings is 1. The number of nitrogens with one attached hydrogen (secondary N) is 1. The van der Waals surface area contributed by atoms with Crippen molar-refractivity contribution < 1.29 is 13.2 Å². The number of thioether (sulfide) groups is 1. The minimum absolute atomic E-state index is 0.232. The Morgan fingerprint density at radius 1 is 1.19 bits per heavy atom. The van der Waals surface area contributed by atoms with Gasteiger partial charge in [0.05, 0.1) is 17.0 Å². The van der Waals surface area contributed by atoms with Crippen molar-refractivity contribution in [2.24, 2.45) is 0 Å². The van der Waals surface area contributed by atoms with E-state index < -0.39 is 10.0 Å². The first-order valence-corrected chi connectivity index (χ1v) is 11.1. The molecule has 140 valence electrons. The number of anilines is 1. The number of aromatic nitrogens is 1. The molecule has 0 radical (unpaired) electrons. The Hall–Kier alpha value is -2.06. The van der Waals surface area contributed by atoms with Crippen molar-refractivity contribution in [1.82, 2.24) is 10.3 Å². The Morgan fingerprint density at radius 2 is 1.92 bits per heavy atom. The van der Waals surface area contributed by atoms with Gasteiger partial charge in [-0.2, -0.15) is 0 Å². The molecular formula is C18H23N3O3S2. The topological polar surface area (TPSA) is 79.4 Å². The maximum absolute atomic E-state index is 12.2. The Balaban J connectivity index is 1.95. The van der Waals surface area contributed by atoms with Crippen LogP contribution in [0, 0.1) is 0 Å². The molecule has 1 N–H and O–H groups in total. The average Bonchev–Trinajstić information content (AvgIpc) is 2.63. The van der Waals surface area contributed by atoms with Gasteiger partial charge >= 0.3 is 0 Å². The number of sulfonamides is 1. The van der Waals surface area contributed by atoms with Crippen LogP contribution in [0.25, 0.3) is 0 Å². The van der Waals surface area contributed by atoms with Crippen molar-refractivity contribution in [3.63, 3.8) is 0 Å². The molecule has 26 heavy (non-hydrogen) atoms. The summed E-state index contributed by atoms with van der Waals surface area (Å²) in [5.74, 6) is 0.329. The van der Waals surface area contributed by atoms with Gasteiger partial charge in [0.1, 0.15) is 6.54 Å². The Morgan fingerprint density at radius 3 is 2.58 bits per heavy atom.